The highest BCUT2D eigenvalue weighted by Gasteiger charge is 2.55. The molecular weight excluding hydrogens is 559 g/mol. The number of hydrogen-bond acceptors (Lipinski definition) is 4. The molecule has 2 amide bonds. The number of carbonyl (C=O) groups is 2. The normalized spacial score (nSPS) is 23.9. The first-order chi connectivity index (χ1) is 21.3. The van der Waals surface area contributed by atoms with Crippen LogP contribution in [0.5, 0.6) is 0 Å². The van der Waals surface area contributed by atoms with Crippen molar-refractivity contribution in [2.75, 3.05) is 14.2 Å². The van der Waals surface area contributed by atoms with Gasteiger partial charge in [-0.15, -0.1) is 0 Å². The number of halogens is 1. The van der Waals surface area contributed by atoms with E-state index in [0.717, 1.165) is 49.2 Å². The third-order valence-corrected chi connectivity index (χ3v) is 10.1. The Labute approximate surface area is 251 Å². The van der Waals surface area contributed by atoms with E-state index in [1.54, 1.807) is 31.2 Å². The fourth-order valence-electron chi connectivity index (χ4n) is 8.37. The molecule has 44 heavy (non-hydrogen) atoms. The number of nitrogens with one attached hydrogen (secondary N) is 1. The molecule has 0 radical (unpaired) electrons. The van der Waals surface area contributed by atoms with Gasteiger partial charge in [0.15, 0.2) is 5.72 Å². The van der Waals surface area contributed by atoms with Gasteiger partial charge in [-0.1, -0.05) is 42.5 Å². The van der Waals surface area contributed by atoms with Gasteiger partial charge in [-0.3, -0.25) is 9.59 Å². The van der Waals surface area contributed by atoms with E-state index in [0.29, 0.717) is 18.5 Å². The number of likely N-dealkylation sites (N-methyl/N-ethyl adjacent to an activating group) is 1. The highest BCUT2D eigenvalue weighted by atomic mass is 19.1. The first-order valence-electron chi connectivity index (χ1n) is 14.9. The molecule has 1 fully saturated rings. The van der Waals surface area contributed by atoms with Crippen molar-refractivity contribution in [2.24, 2.45) is 0 Å². The largest absolute Gasteiger partial charge is 0.374 e. The monoisotopic (exact) mass is 588 g/mol. The summed E-state index contributed by atoms with van der Waals surface area (Å²) in [5, 5.41) is 7.05. The van der Waals surface area contributed by atoms with Gasteiger partial charge in [-0.2, -0.15) is 0 Å². The van der Waals surface area contributed by atoms with E-state index in [9.17, 15) is 14.0 Å². The molecule has 2 aromatic heterocycles. The molecule has 5 heterocycles. The molecule has 9 heteroatoms. The lowest BCUT2D eigenvalue weighted by Gasteiger charge is -2.50. The Morgan fingerprint density at radius 2 is 1.75 bits per heavy atom. The molecular formula is C35H29FN4O4. The lowest BCUT2D eigenvalue weighted by molar-refractivity contribution is -0.264. The molecule has 4 atom stereocenters. The van der Waals surface area contributed by atoms with E-state index < -0.39 is 29.9 Å². The Morgan fingerprint density at radius 1 is 1.02 bits per heavy atom. The van der Waals surface area contributed by atoms with Gasteiger partial charge in [0.1, 0.15) is 18.1 Å². The second-order valence-electron chi connectivity index (χ2n) is 12.2. The summed E-state index contributed by atoms with van der Waals surface area (Å²) in [6.45, 7) is 2.47. The van der Waals surface area contributed by atoms with Crippen LogP contribution in [0.3, 0.4) is 0 Å². The van der Waals surface area contributed by atoms with Crippen LogP contribution in [0.25, 0.3) is 43.6 Å². The molecule has 2 bridgehead atoms. The number of amides is 2. The minimum Gasteiger partial charge on any atom is -0.374 e. The maximum absolute atomic E-state index is 14.2. The molecule has 0 saturated carbocycles. The molecule has 8 nitrogen and oxygen atoms in total. The van der Waals surface area contributed by atoms with Crippen LogP contribution >= 0.6 is 0 Å². The van der Waals surface area contributed by atoms with Crippen LogP contribution in [0.15, 0.2) is 72.8 Å². The summed E-state index contributed by atoms with van der Waals surface area (Å²) >= 11 is 0. The minimum absolute atomic E-state index is 0.0750. The molecule has 0 aliphatic carbocycles. The molecule has 3 aliphatic rings. The van der Waals surface area contributed by atoms with E-state index >= 15 is 0 Å². The maximum atomic E-state index is 14.2. The molecule has 1 saturated heterocycles. The summed E-state index contributed by atoms with van der Waals surface area (Å²) < 4.78 is 32.1. The van der Waals surface area contributed by atoms with Crippen molar-refractivity contribution in [1.29, 1.82) is 0 Å². The quantitative estimate of drug-likeness (QED) is 0.273. The second-order valence-corrected chi connectivity index (χ2v) is 12.2. The standard InChI is InChI=1S/C35H29FN4O4/c1-35-32(43-3)25(38(2)34(42)18-9-8-10-19(36)15-18)16-26(44-35)39-23-13-6-4-11-20(23)28-29-22(17-37-33(29)41)27-21-12-5-7-14-24(21)40(35)31(27)30(28)39/h4-15,25-26,32H,16-17H2,1-3H3,(H,37,41)/t25-,26-,32-,35+/m1/s1. The second kappa shape index (κ2) is 8.68. The summed E-state index contributed by atoms with van der Waals surface area (Å²) in [5.74, 6) is -0.832. The van der Waals surface area contributed by atoms with Crippen molar-refractivity contribution in [3.8, 4) is 0 Å². The van der Waals surface area contributed by atoms with Crippen LogP contribution in [0.2, 0.25) is 0 Å². The minimum atomic E-state index is -1.06. The number of rotatable bonds is 3. The van der Waals surface area contributed by atoms with E-state index in [1.165, 1.54) is 12.1 Å². The number of hydrogen-bond donors (Lipinski definition) is 1. The Hall–Kier alpha value is -4.73. The number of fused-ring (bicyclic) bond motifs is 13. The van der Waals surface area contributed by atoms with Gasteiger partial charge >= 0.3 is 0 Å². The fourth-order valence-corrected chi connectivity index (χ4v) is 8.37. The predicted molar refractivity (Wildman–Crippen MR) is 165 cm³/mol. The number of ether oxygens (including phenoxy) is 2. The number of carbonyl (C=O) groups excluding carboxylic acids is 2. The SMILES string of the molecule is CO[C@@H]1[C@H](N(C)C(=O)c2cccc(F)c2)C[C@H]2O[C@]1(C)n1c3ccccc3c3c4c(c5c6ccccc6n2c5c31)C(=O)NC4. The zero-order valence-corrected chi connectivity index (χ0v) is 24.4. The smallest absolute Gasteiger partial charge is 0.254 e. The molecule has 220 valence electrons. The Bertz CT molecular complexity index is 2250. The zero-order chi connectivity index (χ0) is 30.1. The Kier molecular flexibility index (Phi) is 5.08. The van der Waals surface area contributed by atoms with Gasteiger partial charge in [-0.05, 0) is 42.8 Å². The lowest BCUT2D eigenvalue weighted by Crippen LogP contribution is -2.61. The highest BCUT2D eigenvalue weighted by molar-refractivity contribution is 6.31. The summed E-state index contributed by atoms with van der Waals surface area (Å²) in [4.78, 5) is 29.1. The van der Waals surface area contributed by atoms with Crippen LogP contribution in [0.4, 0.5) is 4.39 Å². The van der Waals surface area contributed by atoms with E-state index in [-0.39, 0.29) is 17.4 Å². The van der Waals surface area contributed by atoms with Crippen molar-refractivity contribution in [3.63, 3.8) is 0 Å². The van der Waals surface area contributed by atoms with E-state index in [2.05, 4.69) is 38.7 Å². The third-order valence-electron chi connectivity index (χ3n) is 10.1. The van der Waals surface area contributed by atoms with Gasteiger partial charge < -0.3 is 28.8 Å². The predicted octanol–water partition coefficient (Wildman–Crippen LogP) is 6.05. The van der Waals surface area contributed by atoms with Crippen molar-refractivity contribution in [1.82, 2.24) is 19.4 Å². The van der Waals surface area contributed by atoms with E-state index in [4.69, 9.17) is 9.47 Å². The molecule has 0 spiro atoms. The van der Waals surface area contributed by atoms with Gasteiger partial charge in [0.05, 0.1) is 33.7 Å². The average molecular weight is 589 g/mol. The van der Waals surface area contributed by atoms with Crippen molar-refractivity contribution < 1.29 is 23.5 Å². The van der Waals surface area contributed by atoms with Crippen LogP contribution in [0.1, 0.15) is 45.9 Å². The summed E-state index contributed by atoms with van der Waals surface area (Å²) in [6.07, 6.45) is -0.655. The number of benzene rings is 4. The molecule has 1 N–H and O–H groups in total. The number of aromatic nitrogens is 2. The first kappa shape index (κ1) is 25.7. The van der Waals surface area contributed by atoms with E-state index in [1.807, 2.05) is 31.2 Å². The highest BCUT2D eigenvalue weighted by Crippen LogP contribution is 2.54. The van der Waals surface area contributed by atoms with Gasteiger partial charge in [0.25, 0.3) is 11.8 Å². The lowest BCUT2D eigenvalue weighted by atomic mass is 9.91. The molecule has 0 unspecified atom stereocenters. The third kappa shape index (κ3) is 3.03. The fraction of sp³-hybridized carbons (Fsp3) is 0.257. The van der Waals surface area contributed by atoms with Crippen molar-refractivity contribution in [3.05, 3.63) is 95.3 Å². The maximum Gasteiger partial charge on any atom is 0.254 e. The number of para-hydroxylation sites is 2. The number of methoxy groups -OCH3 is 1. The van der Waals surface area contributed by atoms with Crippen molar-refractivity contribution in [2.45, 2.75) is 44.0 Å². The average Bonchev–Trinajstić information content (AvgIpc) is 3.67. The van der Waals surface area contributed by atoms with Crippen LogP contribution < -0.4 is 5.32 Å². The zero-order valence-electron chi connectivity index (χ0n) is 24.4. The Morgan fingerprint density at radius 3 is 2.50 bits per heavy atom. The summed E-state index contributed by atoms with van der Waals surface area (Å²) in [6, 6.07) is 21.7. The Balaban J connectivity index is 1.41. The summed E-state index contributed by atoms with van der Waals surface area (Å²) in [5.41, 5.74) is 4.75. The first-order valence-corrected chi connectivity index (χ1v) is 14.9. The topological polar surface area (TPSA) is 77.7 Å². The van der Waals surface area contributed by atoms with Gasteiger partial charge in [0.2, 0.25) is 0 Å². The molecule has 6 aromatic rings. The summed E-state index contributed by atoms with van der Waals surface area (Å²) in [7, 11) is 3.40. The molecule has 3 aliphatic heterocycles. The molecule has 9 rings (SSSR count). The van der Waals surface area contributed by atoms with Crippen LogP contribution in [0, 0.1) is 5.82 Å². The van der Waals surface area contributed by atoms with Crippen LogP contribution in [-0.4, -0.2) is 52.2 Å². The number of nitrogens with zero attached hydrogens (tertiary/aromatic N) is 3. The van der Waals surface area contributed by atoms with Crippen LogP contribution in [-0.2, 0) is 21.7 Å². The van der Waals surface area contributed by atoms with Crippen molar-refractivity contribution >= 4 is 55.4 Å². The van der Waals surface area contributed by atoms with Gasteiger partial charge in [-0.25, -0.2) is 4.39 Å². The molecule has 4 aromatic carbocycles. The van der Waals surface area contributed by atoms with Gasteiger partial charge in [0, 0.05) is 54.2 Å².